The number of nitrogens with zero attached hydrogens (tertiary/aromatic N) is 2. The Hall–Kier alpha value is -2.18. The number of hydrogen-bond donors (Lipinski definition) is 3. The second-order valence-electron chi connectivity index (χ2n) is 5.86. The van der Waals surface area contributed by atoms with Crippen molar-refractivity contribution in [2.24, 2.45) is 0 Å². The van der Waals surface area contributed by atoms with E-state index < -0.39 is 0 Å². The molecule has 112 valence electrons. The van der Waals surface area contributed by atoms with Crippen molar-refractivity contribution < 1.29 is 10.3 Å². The second-order valence-corrected chi connectivity index (χ2v) is 5.86. The van der Waals surface area contributed by atoms with Crippen molar-refractivity contribution in [3.05, 3.63) is 30.6 Å². The fourth-order valence-corrected chi connectivity index (χ4v) is 1.97. The van der Waals surface area contributed by atoms with E-state index in [4.69, 9.17) is 10.6 Å². The van der Waals surface area contributed by atoms with Crippen LogP contribution >= 0.6 is 0 Å². The normalized spacial score (nSPS) is 11.4. The van der Waals surface area contributed by atoms with E-state index in [9.17, 15) is 0 Å². The number of benzene rings is 1. The van der Waals surface area contributed by atoms with Crippen LogP contribution in [0, 0.1) is 0 Å². The molecule has 0 fully saturated rings. The molecule has 5 N–H and O–H groups in total. The van der Waals surface area contributed by atoms with E-state index in [1.54, 1.807) is 25.0 Å². The van der Waals surface area contributed by atoms with Crippen molar-refractivity contribution in [2.75, 3.05) is 18.2 Å². The molecule has 0 amide bonds. The molecule has 6 nitrogen and oxygen atoms in total. The van der Waals surface area contributed by atoms with Crippen molar-refractivity contribution in [3.63, 3.8) is 0 Å². The Morgan fingerprint density at radius 3 is 2.38 bits per heavy atom. The summed E-state index contributed by atoms with van der Waals surface area (Å²) in [6.07, 6.45) is 3.43. The molecule has 0 radical (unpaired) electrons. The summed E-state index contributed by atoms with van der Waals surface area (Å²) in [6, 6.07) is 6.09. The van der Waals surface area contributed by atoms with E-state index in [1.807, 2.05) is 18.2 Å². The topological polar surface area (TPSA) is 89.7 Å². The van der Waals surface area contributed by atoms with Gasteiger partial charge in [-0.2, -0.15) is 5.48 Å². The Morgan fingerprint density at radius 2 is 1.81 bits per heavy atom. The van der Waals surface area contributed by atoms with E-state index >= 15 is 0 Å². The molecule has 0 aliphatic heterocycles. The summed E-state index contributed by atoms with van der Waals surface area (Å²) < 4.78 is 0. The van der Waals surface area contributed by atoms with E-state index in [1.165, 1.54) is 0 Å². The summed E-state index contributed by atoms with van der Waals surface area (Å²) in [7, 11) is 1.64. The number of anilines is 2. The zero-order valence-electron chi connectivity index (χ0n) is 12.8. The van der Waals surface area contributed by atoms with Crippen LogP contribution in [0.3, 0.4) is 0 Å². The van der Waals surface area contributed by atoms with Gasteiger partial charge in [0, 0.05) is 29.6 Å². The number of nitrogens with two attached hydrogens (primary N) is 2. The van der Waals surface area contributed by atoms with Crippen LogP contribution in [0.25, 0.3) is 11.1 Å². The Labute approximate surface area is 124 Å². The van der Waals surface area contributed by atoms with E-state index in [0.717, 1.165) is 22.5 Å². The highest BCUT2D eigenvalue weighted by Gasteiger charge is 2.15. The second kappa shape index (κ2) is 6.07. The van der Waals surface area contributed by atoms with E-state index in [-0.39, 0.29) is 11.5 Å². The third-order valence-corrected chi connectivity index (χ3v) is 2.81. The lowest BCUT2D eigenvalue weighted by atomic mass is 10.0. The first-order valence-electron chi connectivity index (χ1n) is 6.75. The predicted octanol–water partition coefficient (Wildman–Crippen LogP) is 1.69. The van der Waals surface area contributed by atoms with Crippen LogP contribution in [-0.2, 0) is 4.84 Å². The Kier molecular flexibility index (Phi) is 4.40. The van der Waals surface area contributed by atoms with Crippen molar-refractivity contribution in [1.29, 1.82) is 0 Å². The van der Waals surface area contributed by atoms with Gasteiger partial charge in [-0.3, -0.25) is 0 Å². The summed E-state index contributed by atoms with van der Waals surface area (Å²) >= 11 is 0. The summed E-state index contributed by atoms with van der Waals surface area (Å²) in [5, 5.41) is 3.46. The Balaban J connectivity index is 2.37. The van der Waals surface area contributed by atoms with Gasteiger partial charge in [0.05, 0.1) is 12.8 Å². The van der Waals surface area contributed by atoms with Crippen molar-refractivity contribution in [3.8, 4) is 11.1 Å². The highest BCUT2D eigenvalue weighted by Crippen LogP contribution is 2.27. The zero-order chi connectivity index (χ0) is 15.5. The number of quaternary nitrogens is 1. The fraction of sp³-hybridized carbons (Fsp3) is 0.333. The van der Waals surface area contributed by atoms with Crippen LogP contribution < -0.4 is 16.5 Å². The zero-order valence-corrected chi connectivity index (χ0v) is 12.8. The summed E-state index contributed by atoms with van der Waals surface area (Å²) in [5.74, 6) is 0.272. The number of nitrogen functional groups attached to an aromatic ring is 1. The van der Waals surface area contributed by atoms with Crippen LogP contribution in [-0.4, -0.2) is 22.6 Å². The third-order valence-electron chi connectivity index (χ3n) is 2.81. The highest BCUT2D eigenvalue weighted by molar-refractivity contribution is 5.72. The molecule has 0 atom stereocenters. The molecule has 0 aliphatic rings. The molecule has 0 bridgehead atoms. The van der Waals surface area contributed by atoms with Gasteiger partial charge in [-0.1, -0.05) is 6.07 Å². The van der Waals surface area contributed by atoms with Crippen molar-refractivity contribution in [1.82, 2.24) is 9.97 Å². The highest BCUT2D eigenvalue weighted by atomic mass is 16.6. The van der Waals surface area contributed by atoms with Crippen LogP contribution in [0.4, 0.5) is 17.3 Å². The minimum absolute atomic E-state index is 0.0256. The van der Waals surface area contributed by atoms with Gasteiger partial charge in [-0.25, -0.2) is 14.8 Å². The average molecular weight is 288 g/mol. The summed E-state index contributed by atoms with van der Waals surface area (Å²) in [4.78, 5) is 13.2. The molecule has 0 unspecified atom stereocenters. The Bertz CT molecular complexity index is 604. The first kappa shape index (κ1) is 15.2. The van der Waals surface area contributed by atoms with Gasteiger partial charge in [0.15, 0.2) is 5.69 Å². The first-order chi connectivity index (χ1) is 9.89. The van der Waals surface area contributed by atoms with Crippen molar-refractivity contribution >= 4 is 17.3 Å². The summed E-state index contributed by atoms with van der Waals surface area (Å²) in [5.41, 5.74) is 11.1. The quantitative estimate of drug-likeness (QED) is 0.588. The lowest BCUT2D eigenvalue weighted by Crippen LogP contribution is -2.76. The number of nitrogens with one attached hydrogen (secondary N) is 1. The van der Waals surface area contributed by atoms with Crippen LogP contribution in [0.2, 0.25) is 0 Å². The van der Waals surface area contributed by atoms with Gasteiger partial charge in [-0.15, -0.1) is 0 Å². The largest absolute Gasteiger partial charge is 0.376 e. The maximum atomic E-state index is 5.52. The van der Waals surface area contributed by atoms with Crippen LogP contribution in [0.15, 0.2) is 30.6 Å². The number of rotatable bonds is 4. The van der Waals surface area contributed by atoms with Gasteiger partial charge in [0.25, 0.3) is 0 Å². The van der Waals surface area contributed by atoms with Crippen LogP contribution in [0.1, 0.15) is 20.8 Å². The SMILES string of the molecule is CO[NH2+]c1cc(-c2cnc(N)nc2)ccc1NC(C)(C)C. The monoisotopic (exact) mass is 288 g/mol. The molecule has 2 aromatic rings. The Morgan fingerprint density at radius 1 is 1.14 bits per heavy atom. The fourth-order valence-electron chi connectivity index (χ4n) is 1.97. The maximum absolute atomic E-state index is 5.52. The van der Waals surface area contributed by atoms with Gasteiger partial charge < -0.3 is 11.1 Å². The lowest BCUT2D eigenvalue weighted by Gasteiger charge is -2.23. The van der Waals surface area contributed by atoms with Gasteiger partial charge in [0.2, 0.25) is 5.95 Å². The van der Waals surface area contributed by atoms with Gasteiger partial charge in [-0.05, 0) is 32.4 Å². The predicted molar refractivity (Wildman–Crippen MR) is 83.9 cm³/mol. The van der Waals surface area contributed by atoms with Gasteiger partial charge >= 0.3 is 0 Å². The minimum atomic E-state index is -0.0256. The molecule has 1 heterocycles. The van der Waals surface area contributed by atoms with Gasteiger partial charge in [0.1, 0.15) is 0 Å². The molecular weight excluding hydrogens is 266 g/mol. The summed E-state index contributed by atoms with van der Waals surface area (Å²) in [6.45, 7) is 6.35. The first-order valence-corrected chi connectivity index (χ1v) is 6.75. The number of aromatic nitrogens is 2. The number of hydrogen-bond acceptors (Lipinski definition) is 5. The average Bonchev–Trinajstić information content (AvgIpc) is 2.40. The molecule has 21 heavy (non-hydrogen) atoms. The van der Waals surface area contributed by atoms with E-state index in [0.29, 0.717) is 0 Å². The molecule has 2 rings (SSSR count). The molecular formula is C15H22N5O+. The minimum Gasteiger partial charge on any atom is -0.376 e. The third kappa shape index (κ3) is 4.14. The smallest absolute Gasteiger partial charge is 0.219 e. The van der Waals surface area contributed by atoms with E-state index in [2.05, 4.69) is 36.1 Å². The maximum Gasteiger partial charge on any atom is 0.219 e. The molecule has 0 aliphatic carbocycles. The molecule has 6 heteroatoms. The molecule has 0 saturated heterocycles. The van der Waals surface area contributed by atoms with Crippen LogP contribution in [0.5, 0.6) is 0 Å². The molecule has 0 spiro atoms. The molecule has 0 saturated carbocycles. The molecule has 1 aromatic heterocycles. The van der Waals surface area contributed by atoms with Crippen molar-refractivity contribution in [2.45, 2.75) is 26.3 Å². The lowest BCUT2D eigenvalue weighted by molar-refractivity contribution is -0.829. The standard InChI is InChI=1S/C15H21N5O/c1-15(2,3)19-12-6-5-10(7-13(12)20-21-4)11-8-17-14(16)18-9-11/h5-9,19-20H,1-4H3,(H2,16,17,18)/p+1. The molecule has 1 aromatic carbocycles.